The van der Waals surface area contributed by atoms with Gasteiger partial charge in [-0.2, -0.15) is 5.26 Å². The smallest absolute Gasteiger partial charge is 0.408 e. The van der Waals surface area contributed by atoms with E-state index >= 15 is 0 Å². The first-order chi connectivity index (χ1) is 25.6. The van der Waals surface area contributed by atoms with Gasteiger partial charge in [0.25, 0.3) is 5.56 Å². The van der Waals surface area contributed by atoms with Crippen LogP contribution in [0.1, 0.15) is 74.1 Å². The minimum absolute atomic E-state index is 0.0528. The van der Waals surface area contributed by atoms with E-state index < -0.39 is 47.4 Å². The molecule has 0 saturated heterocycles. The van der Waals surface area contributed by atoms with Crippen molar-refractivity contribution in [1.82, 2.24) is 9.88 Å². The maximum absolute atomic E-state index is 13.6. The second-order valence-corrected chi connectivity index (χ2v) is 13.8. The number of nitrogens with one attached hydrogen (secondary N) is 1. The van der Waals surface area contributed by atoms with Crippen LogP contribution in [0.5, 0.6) is 5.75 Å². The Morgan fingerprint density at radius 2 is 1.63 bits per heavy atom. The van der Waals surface area contributed by atoms with E-state index in [0.717, 1.165) is 5.56 Å². The summed E-state index contributed by atoms with van der Waals surface area (Å²) in [5.74, 6) is -1.59. The molecule has 0 aliphatic rings. The number of hydrogen-bond donors (Lipinski definition) is 1. The number of rotatable bonds is 14. The number of alkyl carbamates (subject to hydrolysis) is 1. The van der Waals surface area contributed by atoms with E-state index in [1.165, 1.54) is 43.0 Å². The maximum Gasteiger partial charge on any atom is 0.408 e. The molecule has 12 nitrogen and oxygen atoms in total. The second-order valence-electron chi connectivity index (χ2n) is 13.4. The van der Waals surface area contributed by atoms with Crippen molar-refractivity contribution < 1.29 is 38.1 Å². The number of amides is 1. The molecule has 1 aromatic heterocycles. The topological polar surface area (TPSA) is 163 Å². The molecular formula is C41H42ClN3O9. The van der Waals surface area contributed by atoms with E-state index in [1.807, 2.05) is 6.07 Å². The molecule has 1 N–H and O–H groups in total. The summed E-state index contributed by atoms with van der Waals surface area (Å²) in [6.07, 6.45) is -0.350. The molecule has 1 amide bonds. The van der Waals surface area contributed by atoms with Crippen molar-refractivity contribution in [3.8, 4) is 22.9 Å². The van der Waals surface area contributed by atoms with Crippen LogP contribution < -0.4 is 15.6 Å². The predicted molar refractivity (Wildman–Crippen MR) is 201 cm³/mol. The molecule has 0 radical (unpaired) electrons. The van der Waals surface area contributed by atoms with Gasteiger partial charge in [0.15, 0.2) is 11.8 Å². The third-order valence-corrected chi connectivity index (χ3v) is 8.47. The third-order valence-electron chi connectivity index (χ3n) is 8.23. The molecule has 13 heteroatoms. The summed E-state index contributed by atoms with van der Waals surface area (Å²) in [6, 6.07) is 21.0. The van der Waals surface area contributed by atoms with Crippen molar-refractivity contribution >= 4 is 35.4 Å². The van der Waals surface area contributed by atoms with Crippen LogP contribution in [0.2, 0.25) is 5.02 Å². The van der Waals surface area contributed by atoms with Crippen molar-refractivity contribution in [1.29, 1.82) is 5.26 Å². The molecule has 3 atom stereocenters. The van der Waals surface area contributed by atoms with Crippen LogP contribution in [0.4, 0.5) is 4.79 Å². The number of carbonyl (C=O) groups is 4. The van der Waals surface area contributed by atoms with Gasteiger partial charge >= 0.3 is 18.0 Å². The van der Waals surface area contributed by atoms with Crippen molar-refractivity contribution in [2.75, 3.05) is 7.11 Å². The number of carbonyl (C=O) groups excluding carboxylic acids is 4. The summed E-state index contributed by atoms with van der Waals surface area (Å²) in [4.78, 5) is 65.9. The lowest BCUT2D eigenvalue weighted by Crippen LogP contribution is -2.51. The van der Waals surface area contributed by atoms with Crippen molar-refractivity contribution in [3.63, 3.8) is 0 Å². The lowest BCUT2D eigenvalue weighted by atomic mass is 9.98. The molecule has 4 aromatic rings. The minimum Gasteiger partial charge on any atom is -0.495 e. The average Bonchev–Trinajstić information content (AvgIpc) is 3.13. The number of nitriles is 1. The van der Waals surface area contributed by atoms with Crippen LogP contribution in [0.15, 0.2) is 89.9 Å². The van der Waals surface area contributed by atoms with Crippen LogP contribution in [0.25, 0.3) is 11.1 Å². The van der Waals surface area contributed by atoms with Crippen LogP contribution in [0.3, 0.4) is 0 Å². The fourth-order valence-electron chi connectivity index (χ4n) is 5.57. The molecule has 54 heavy (non-hydrogen) atoms. The molecular weight excluding hydrogens is 714 g/mol. The molecule has 0 spiro atoms. The zero-order chi connectivity index (χ0) is 39.6. The Hall–Kier alpha value is -5.93. The molecule has 0 aliphatic heterocycles. The average molecular weight is 756 g/mol. The highest BCUT2D eigenvalue weighted by Gasteiger charge is 2.33. The first-order valence-electron chi connectivity index (χ1n) is 17.2. The van der Waals surface area contributed by atoms with Crippen LogP contribution in [0, 0.1) is 11.3 Å². The molecule has 282 valence electrons. The third kappa shape index (κ3) is 10.8. The first-order valence-corrected chi connectivity index (χ1v) is 17.5. The fraction of sp³-hybridized carbons (Fsp3) is 0.317. The summed E-state index contributed by atoms with van der Waals surface area (Å²) >= 11 is 6.18. The van der Waals surface area contributed by atoms with E-state index in [0.29, 0.717) is 33.7 Å². The van der Waals surface area contributed by atoms with Gasteiger partial charge in [0.1, 0.15) is 24.1 Å². The number of benzene rings is 3. The van der Waals surface area contributed by atoms with E-state index in [1.54, 1.807) is 82.3 Å². The zero-order valence-corrected chi connectivity index (χ0v) is 31.6. The SMILES string of the molecule is CCC(C(=O)Cc1ccc(C(=O)O[C@H](C)[C@H](NC(=O)OC(C)(C)C)C(=O)OCc2ccccc2)cc1)n1cc(OC)c(-c2cc(Cl)ccc2C#N)cc1=O. The highest BCUT2D eigenvalue weighted by Crippen LogP contribution is 2.33. The Balaban J connectivity index is 1.47. The van der Waals surface area contributed by atoms with Gasteiger partial charge in [0, 0.05) is 28.6 Å². The molecule has 0 saturated carbocycles. The Labute approximate surface area is 318 Å². The van der Waals surface area contributed by atoms with Gasteiger partial charge in [0.05, 0.1) is 36.5 Å². The van der Waals surface area contributed by atoms with Gasteiger partial charge in [-0.1, -0.05) is 61.0 Å². The summed E-state index contributed by atoms with van der Waals surface area (Å²) in [5, 5.41) is 12.4. The minimum atomic E-state index is -1.38. The summed E-state index contributed by atoms with van der Waals surface area (Å²) in [5.41, 5.74) is 1.22. The highest BCUT2D eigenvalue weighted by atomic mass is 35.5. The molecule has 0 fully saturated rings. The summed E-state index contributed by atoms with van der Waals surface area (Å²) < 4.78 is 23.2. The van der Waals surface area contributed by atoms with Gasteiger partial charge in [0.2, 0.25) is 0 Å². The Morgan fingerprint density at radius 3 is 2.24 bits per heavy atom. The molecule has 0 aliphatic carbocycles. The zero-order valence-electron chi connectivity index (χ0n) is 30.9. The van der Waals surface area contributed by atoms with Crippen LogP contribution in [-0.4, -0.2) is 53.2 Å². The monoisotopic (exact) mass is 755 g/mol. The number of pyridine rings is 1. The number of ether oxygens (including phenoxy) is 4. The van der Waals surface area contributed by atoms with Crippen LogP contribution >= 0.6 is 11.6 Å². The Kier molecular flexibility index (Phi) is 13.8. The fourth-order valence-corrected chi connectivity index (χ4v) is 5.74. The molecule has 4 rings (SSSR count). The largest absolute Gasteiger partial charge is 0.495 e. The first kappa shape index (κ1) is 40.8. The van der Waals surface area contributed by atoms with Gasteiger partial charge in [-0.3, -0.25) is 9.59 Å². The molecule has 3 aromatic carbocycles. The standard InChI is InChI=1S/C41H42ClN3O9/c1-7-33(45-23-35(51-6)32(21-36(45)47)31-20-30(42)18-17-29(31)22-43)34(46)19-26-13-15-28(16-14-26)38(48)53-25(2)37(44-40(50)54-41(3,4)5)39(49)52-24-27-11-9-8-10-12-27/h8-18,20-21,23,25,33,37H,7,19,24H2,1-6H3,(H,44,50)/t25-,33?,37+/m1/s1. The lowest BCUT2D eigenvalue weighted by molar-refractivity contribution is -0.150. The number of hydrogen-bond acceptors (Lipinski definition) is 10. The number of Topliss-reactive ketones (excluding diaryl/α,β-unsaturated/α-hetero) is 1. The number of ketones is 1. The van der Waals surface area contributed by atoms with E-state index in [4.69, 9.17) is 30.5 Å². The van der Waals surface area contributed by atoms with E-state index in [-0.39, 0.29) is 30.1 Å². The summed E-state index contributed by atoms with van der Waals surface area (Å²) in [7, 11) is 1.43. The molecule has 0 bridgehead atoms. The van der Waals surface area contributed by atoms with Crippen molar-refractivity contribution in [2.45, 2.75) is 77.9 Å². The van der Waals surface area contributed by atoms with Gasteiger partial charge in [-0.25, -0.2) is 14.4 Å². The van der Waals surface area contributed by atoms with Crippen LogP contribution in [-0.2, 0) is 36.8 Å². The normalized spacial score (nSPS) is 12.7. The predicted octanol–water partition coefficient (Wildman–Crippen LogP) is 6.99. The maximum atomic E-state index is 13.6. The summed E-state index contributed by atoms with van der Waals surface area (Å²) in [6.45, 7) is 8.17. The van der Waals surface area contributed by atoms with Gasteiger partial charge in [-0.05, 0) is 75.6 Å². The number of esters is 2. The van der Waals surface area contributed by atoms with Crippen molar-refractivity contribution in [3.05, 3.63) is 123 Å². The highest BCUT2D eigenvalue weighted by molar-refractivity contribution is 6.31. The van der Waals surface area contributed by atoms with E-state index in [2.05, 4.69) is 11.4 Å². The van der Waals surface area contributed by atoms with Gasteiger partial charge in [-0.15, -0.1) is 0 Å². The lowest BCUT2D eigenvalue weighted by Gasteiger charge is -2.26. The number of halogens is 1. The van der Waals surface area contributed by atoms with E-state index in [9.17, 15) is 29.2 Å². The number of nitrogens with zero attached hydrogens (tertiary/aromatic N) is 2. The number of aromatic nitrogens is 1. The van der Waals surface area contributed by atoms with Crippen molar-refractivity contribution in [2.24, 2.45) is 0 Å². The molecule has 1 heterocycles. The molecule has 1 unspecified atom stereocenters. The quantitative estimate of drug-likeness (QED) is 0.105. The number of methoxy groups -OCH3 is 1. The van der Waals surface area contributed by atoms with Gasteiger partial charge < -0.3 is 28.8 Å². The Bertz CT molecular complexity index is 2080. The Morgan fingerprint density at radius 1 is 0.944 bits per heavy atom. The second kappa shape index (κ2) is 18.2.